The van der Waals surface area contributed by atoms with E-state index in [9.17, 15) is 19.5 Å². The second-order valence-electron chi connectivity index (χ2n) is 6.11. The number of carbonyl (C=O) groups is 3. The Labute approximate surface area is 173 Å². The molecule has 2 amide bonds. The maximum absolute atomic E-state index is 11.9. The Balaban J connectivity index is 1.78. The molecule has 0 aliphatic carbocycles. The van der Waals surface area contributed by atoms with E-state index in [-0.39, 0.29) is 0 Å². The molecular weight excluding hydrogens is 390 g/mol. The molecule has 0 atom stereocenters. The van der Waals surface area contributed by atoms with Gasteiger partial charge in [-0.05, 0) is 60.5 Å². The first-order valence-corrected chi connectivity index (χ1v) is 9.28. The molecule has 0 unspecified atom stereocenters. The van der Waals surface area contributed by atoms with Crippen LogP contribution in [0.5, 0.6) is 11.5 Å². The molecule has 30 heavy (non-hydrogen) atoms. The summed E-state index contributed by atoms with van der Waals surface area (Å²) in [6, 6.07) is 13.0. The van der Waals surface area contributed by atoms with E-state index < -0.39 is 24.4 Å². The molecule has 9 heteroatoms. The van der Waals surface area contributed by atoms with Crippen molar-refractivity contribution in [2.45, 2.75) is 19.8 Å². The molecule has 0 aliphatic heterocycles. The van der Waals surface area contributed by atoms with Crippen LogP contribution in [-0.2, 0) is 14.4 Å². The number of nitrogens with zero attached hydrogens (tertiary/aromatic N) is 1. The van der Waals surface area contributed by atoms with Crippen molar-refractivity contribution in [2.24, 2.45) is 5.10 Å². The van der Waals surface area contributed by atoms with Crippen LogP contribution in [0.2, 0.25) is 0 Å². The highest BCUT2D eigenvalue weighted by molar-refractivity contribution is 6.39. The van der Waals surface area contributed by atoms with Crippen molar-refractivity contribution < 1.29 is 29.0 Å². The fraction of sp³-hybridized carbons (Fsp3) is 0.238. The van der Waals surface area contributed by atoms with E-state index in [4.69, 9.17) is 9.47 Å². The van der Waals surface area contributed by atoms with Crippen molar-refractivity contribution in [1.29, 1.82) is 0 Å². The zero-order valence-electron chi connectivity index (χ0n) is 16.4. The highest BCUT2D eigenvalue weighted by Crippen LogP contribution is 2.16. The van der Waals surface area contributed by atoms with Crippen molar-refractivity contribution in [3.05, 3.63) is 54.1 Å². The van der Waals surface area contributed by atoms with Gasteiger partial charge < -0.3 is 24.7 Å². The summed E-state index contributed by atoms with van der Waals surface area (Å²) in [6.07, 6.45) is 3.33. The highest BCUT2D eigenvalue weighted by atomic mass is 16.5. The fourth-order valence-corrected chi connectivity index (χ4v) is 2.17. The van der Waals surface area contributed by atoms with Gasteiger partial charge in [-0.3, -0.25) is 9.59 Å². The lowest BCUT2D eigenvalue weighted by Gasteiger charge is -2.07. The van der Waals surface area contributed by atoms with E-state index in [0.717, 1.165) is 12.8 Å². The van der Waals surface area contributed by atoms with Gasteiger partial charge in [0.2, 0.25) is 0 Å². The Morgan fingerprint density at radius 3 is 2.23 bits per heavy atom. The summed E-state index contributed by atoms with van der Waals surface area (Å²) in [5.41, 5.74) is 3.19. The molecule has 0 fully saturated rings. The van der Waals surface area contributed by atoms with Gasteiger partial charge in [0.15, 0.2) is 0 Å². The number of carbonyl (C=O) groups excluding carboxylic acids is 3. The van der Waals surface area contributed by atoms with Crippen LogP contribution >= 0.6 is 0 Å². The lowest BCUT2D eigenvalue weighted by Crippen LogP contribution is -2.32. The normalized spacial score (nSPS) is 10.4. The molecule has 0 heterocycles. The molecule has 0 saturated carbocycles. The molecule has 2 aromatic carbocycles. The molecule has 2 aromatic rings. The SMILES string of the molecule is CCCCOc1ccc(NC(=O)C(=O)N/N=C\c2ccc(OCC(=O)[O-])cc2)cc1. The number of hydrogen-bond acceptors (Lipinski definition) is 7. The summed E-state index contributed by atoms with van der Waals surface area (Å²) in [6.45, 7) is 2.15. The maximum atomic E-state index is 11.9. The number of carboxylic acid groups (broad SMARTS) is 1. The minimum atomic E-state index is -1.32. The van der Waals surface area contributed by atoms with Gasteiger partial charge in [0.05, 0.1) is 18.8 Å². The van der Waals surface area contributed by atoms with Gasteiger partial charge in [0, 0.05) is 5.69 Å². The quantitative estimate of drug-likeness (QED) is 0.260. The van der Waals surface area contributed by atoms with Gasteiger partial charge in [0.1, 0.15) is 18.1 Å². The number of carboxylic acids is 1. The lowest BCUT2D eigenvalue weighted by molar-refractivity contribution is -0.307. The van der Waals surface area contributed by atoms with Crippen molar-refractivity contribution in [2.75, 3.05) is 18.5 Å². The Bertz CT molecular complexity index is 879. The number of anilines is 1. The molecular formula is C21H22N3O6-. The molecule has 0 saturated heterocycles. The van der Waals surface area contributed by atoms with E-state index in [0.29, 0.717) is 29.4 Å². The fourth-order valence-electron chi connectivity index (χ4n) is 2.17. The molecule has 0 bridgehead atoms. The number of ether oxygens (including phenoxy) is 2. The summed E-state index contributed by atoms with van der Waals surface area (Å²) < 4.78 is 10.5. The third-order valence-corrected chi connectivity index (χ3v) is 3.70. The Morgan fingerprint density at radius 1 is 0.967 bits per heavy atom. The lowest BCUT2D eigenvalue weighted by atomic mass is 10.2. The monoisotopic (exact) mass is 412 g/mol. The predicted octanol–water partition coefficient (Wildman–Crippen LogP) is 1.08. The molecule has 0 radical (unpaired) electrons. The van der Waals surface area contributed by atoms with E-state index in [1.807, 2.05) is 0 Å². The number of hydrogen-bond donors (Lipinski definition) is 2. The summed E-state index contributed by atoms with van der Waals surface area (Å²) in [5, 5.41) is 16.5. The average Bonchev–Trinajstić information content (AvgIpc) is 2.74. The molecule has 2 N–H and O–H groups in total. The van der Waals surface area contributed by atoms with E-state index >= 15 is 0 Å². The Hall–Kier alpha value is -3.88. The maximum Gasteiger partial charge on any atom is 0.329 e. The van der Waals surface area contributed by atoms with Gasteiger partial charge in [-0.1, -0.05) is 13.3 Å². The number of hydrazone groups is 1. The number of aliphatic carboxylic acids is 1. The van der Waals surface area contributed by atoms with E-state index in [2.05, 4.69) is 22.8 Å². The smallest absolute Gasteiger partial charge is 0.329 e. The minimum absolute atomic E-state index is 0.349. The van der Waals surface area contributed by atoms with Gasteiger partial charge >= 0.3 is 11.8 Å². The van der Waals surface area contributed by atoms with Crippen LogP contribution in [-0.4, -0.2) is 37.2 Å². The Morgan fingerprint density at radius 2 is 1.60 bits per heavy atom. The van der Waals surface area contributed by atoms with E-state index in [1.54, 1.807) is 36.4 Å². The number of rotatable bonds is 10. The number of unbranched alkanes of at least 4 members (excludes halogenated alkanes) is 1. The molecule has 158 valence electrons. The van der Waals surface area contributed by atoms with Crippen LogP contribution < -0.4 is 25.3 Å². The summed E-state index contributed by atoms with van der Waals surface area (Å²) in [5.74, 6) is -2.08. The van der Waals surface area contributed by atoms with Gasteiger partial charge in [0.25, 0.3) is 0 Å². The number of amides is 2. The standard InChI is InChI=1S/C21H23N3O6/c1-2-3-12-29-17-10-6-16(7-11-17)23-20(27)21(28)24-22-13-15-4-8-18(9-5-15)30-14-19(25)26/h4-11,13H,2-3,12,14H2,1H3,(H,23,27)(H,24,28)(H,25,26)/p-1/b22-13-. The van der Waals surface area contributed by atoms with Crippen molar-refractivity contribution in [1.82, 2.24) is 5.43 Å². The van der Waals surface area contributed by atoms with E-state index in [1.165, 1.54) is 18.3 Å². The molecule has 0 spiro atoms. The largest absolute Gasteiger partial charge is 0.546 e. The zero-order valence-corrected chi connectivity index (χ0v) is 16.4. The first-order chi connectivity index (χ1) is 14.5. The molecule has 9 nitrogen and oxygen atoms in total. The second kappa shape index (κ2) is 11.8. The van der Waals surface area contributed by atoms with Crippen LogP contribution in [0.1, 0.15) is 25.3 Å². The molecule has 2 rings (SSSR count). The van der Waals surface area contributed by atoms with Crippen molar-refractivity contribution >= 4 is 29.7 Å². The second-order valence-corrected chi connectivity index (χ2v) is 6.11. The van der Waals surface area contributed by atoms with Gasteiger partial charge in [-0.15, -0.1) is 0 Å². The third kappa shape index (κ3) is 8.01. The Kier molecular flexibility index (Phi) is 8.85. The zero-order chi connectivity index (χ0) is 21.8. The van der Waals surface area contributed by atoms with Crippen molar-refractivity contribution in [3.8, 4) is 11.5 Å². The van der Waals surface area contributed by atoms with Crippen LogP contribution in [0.4, 0.5) is 5.69 Å². The highest BCUT2D eigenvalue weighted by Gasteiger charge is 2.12. The first kappa shape index (κ1) is 22.4. The average molecular weight is 412 g/mol. The van der Waals surface area contributed by atoms with Crippen LogP contribution in [0.25, 0.3) is 0 Å². The molecule has 0 aliphatic rings. The minimum Gasteiger partial charge on any atom is -0.546 e. The van der Waals surface area contributed by atoms with Crippen molar-refractivity contribution in [3.63, 3.8) is 0 Å². The molecule has 0 aromatic heterocycles. The topological polar surface area (TPSA) is 129 Å². The summed E-state index contributed by atoms with van der Waals surface area (Å²) in [4.78, 5) is 34.1. The van der Waals surface area contributed by atoms with Crippen LogP contribution in [0, 0.1) is 0 Å². The third-order valence-electron chi connectivity index (χ3n) is 3.70. The number of benzene rings is 2. The van der Waals surface area contributed by atoms with Crippen LogP contribution in [0.3, 0.4) is 0 Å². The van der Waals surface area contributed by atoms with Gasteiger partial charge in [-0.2, -0.15) is 5.10 Å². The summed E-state index contributed by atoms with van der Waals surface area (Å²) in [7, 11) is 0. The predicted molar refractivity (Wildman–Crippen MR) is 108 cm³/mol. The van der Waals surface area contributed by atoms with Crippen LogP contribution in [0.15, 0.2) is 53.6 Å². The first-order valence-electron chi connectivity index (χ1n) is 9.28. The van der Waals surface area contributed by atoms with Gasteiger partial charge in [-0.25, -0.2) is 5.43 Å². The number of nitrogens with one attached hydrogen (secondary N) is 2. The summed E-state index contributed by atoms with van der Waals surface area (Å²) >= 11 is 0.